The number of ether oxygens (including phenoxy) is 1. The van der Waals surface area contributed by atoms with Crippen LogP contribution in [0.15, 0.2) is 36.9 Å². The monoisotopic (exact) mass is 625 g/mol. The van der Waals surface area contributed by atoms with Crippen LogP contribution in [0.1, 0.15) is 24.4 Å². The highest BCUT2D eigenvalue weighted by Gasteiger charge is 2.57. The molecule has 1 aliphatic rings. The normalized spacial score (nSPS) is 20.6. The van der Waals surface area contributed by atoms with Gasteiger partial charge in [-0.05, 0) is 66.3 Å². The van der Waals surface area contributed by atoms with Gasteiger partial charge < -0.3 is 14.4 Å². The van der Waals surface area contributed by atoms with Crippen LogP contribution < -0.4 is 9.46 Å². The Hall–Kier alpha value is -0.670. The van der Waals surface area contributed by atoms with Crippen LogP contribution >= 0.6 is 47.8 Å². The summed E-state index contributed by atoms with van der Waals surface area (Å²) in [5, 5.41) is 10.4. The summed E-state index contributed by atoms with van der Waals surface area (Å²) in [4.78, 5) is 3.78. The van der Waals surface area contributed by atoms with Gasteiger partial charge >= 0.3 is 6.18 Å². The highest BCUT2D eigenvalue weighted by atomic mass is 79.9. The Morgan fingerprint density at radius 3 is 2.55 bits per heavy atom. The number of rotatable bonds is 6. The van der Waals surface area contributed by atoms with Crippen LogP contribution in [0.2, 0.25) is 0 Å². The summed E-state index contributed by atoms with van der Waals surface area (Å²) in [6.07, 6.45) is -6.30. The van der Waals surface area contributed by atoms with Crippen molar-refractivity contribution in [3.8, 4) is 5.75 Å². The van der Waals surface area contributed by atoms with E-state index in [9.17, 15) is 26.7 Å². The van der Waals surface area contributed by atoms with Crippen LogP contribution in [-0.2, 0) is 10.0 Å². The van der Waals surface area contributed by atoms with Gasteiger partial charge in [-0.3, -0.25) is 0 Å². The summed E-state index contributed by atoms with van der Waals surface area (Å²) >= 11 is 9.31. The smallest absolute Gasteiger partial charge is 0.393 e. The zero-order chi connectivity index (χ0) is 21.7. The third-order valence-electron chi connectivity index (χ3n) is 4.30. The Kier molecular flexibility index (Phi) is 6.43. The van der Waals surface area contributed by atoms with E-state index in [0.717, 1.165) is 0 Å². The molecule has 7 nitrogen and oxygen atoms in total. The lowest BCUT2D eigenvalue weighted by molar-refractivity contribution is -0.150. The molecule has 0 spiro atoms. The first-order valence-electron chi connectivity index (χ1n) is 7.90. The predicted octanol–water partition coefficient (Wildman–Crippen LogP) is 4.27. The van der Waals surface area contributed by atoms with Crippen molar-refractivity contribution in [2.75, 3.05) is 7.11 Å². The minimum absolute atomic E-state index is 0.0388. The lowest BCUT2D eigenvalue weighted by Gasteiger charge is -2.14. The van der Waals surface area contributed by atoms with Crippen LogP contribution in [-0.4, -0.2) is 36.4 Å². The fraction of sp³-hybridized carbons (Fsp3) is 0.400. The van der Waals surface area contributed by atoms with Crippen molar-refractivity contribution in [2.24, 2.45) is 5.92 Å². The molecule has 3 atom stereocenters. The van der Waals surface area contributed by atoms with E-state index in [1.165, 1.54) is 23.8 Å². The van der Waals surface area contributed by atoms with Crippen LogP contribution in [0.5, 0.6) is 5.75 Å². The first-order chi connectivity index (χ1) is 13.4. The van der Waals surface area contributed by atoms with Crippen molar-refractivity contribution in [3.05, 3.63) is 37.7 Å². The quantitative estimate of drug-likeness (QED) is 0.467. The molecule has 14 heteroatoms. The average molecular weight is 628 g/mol. The number of nitrogens with one attached hydrogen (secondary N) is 1. The fourth-order valence-corrected chi connectivity index (χ4v) is 6.38. The maximum absolute atomic E-state index is 12.9. The van der Waals surface area contributed by atoms with Crippen molar-refractivity contribution in [2.45, 2.75) is 29.8 Å². The van der Waals surface area contributed by atoms with E-state index in [2.05, 4.69) is 57.5 Å². The lowest BCUT2D eigenvalue weighted by Crippen LogP contribution is -2.29. The Morgan fingerprint density at radius 1 is 1.34 bits per heavy atom. The fourth-order valence-electron chi connectivity index (χ4n) is 2.76. The van der Waals surface area contributed by atoms with Gasteiger partial charge in [0, 0.05) is 16.6 Å². The van der Waals surface area contributed by atoms with E-state index in [4.69, 9.17) is 4.74 Å². The van der Waals surface area contributed by atoms with Gasteiger partial charge in [0.15, 0.2) is 11.0 Å². The number of methoxy groups -OCH3 is 1. The van der Waals surface area contributed by atoms with E-state index in [1.807, 2.05) is 0 Å². The molecule has 0 amide bonds. The van der Waals surface area contributed by atoms with Crippen molar-refractivity contribution in [3.63, 3.8) is 0 Å². The van der Waals surface area contributed by atoms with Gasteiger partial charge in [0.25, 0.3) is 0 Å². The Labute approximate surface area is 189 Å². The summed E-state index contributed by atoms with van der Waals surface area (Å²) in [5.41, 5.74) is -0.174. The molecule has 0 aliphatic heterocycles. The summed E-state index contributed by atoms with van der Waals surface area (Å²) in [5.74, 6) is -1.25. The van der Waals surface area contributed by atoms with Gasteiger partial charge in [-0.25, -0.2) is 13.4 Å². The largest absolute Gasteiger partial charge is 0.497 e. The van der Waals surface area contributed by atoms with Crippen molar-refractivity contribution in [1.82, 2.24) is 14.3 Å². The molecule has 0 radical (unpaired) electrons. The number of alkyl halides is 3. The highest BCUT2D eigenvalue weighted by molar-refractivity contribution is 9.11. The van der Waals surface area contributed by atoms with Crippen molar-refractivity contribution < 1.29 is 31.4 Å². The number of aliphatic hydroxyl groups is 1. The van der Waals surface area contributed by atoms with Gasteiger partial charge in [0.2, 0.25) is 10.0 Å². The number of halogens is 6. The lowest BCUT2D eigenvalue weighted by atomic mass is 10.3. The maximum atomic E-state index is 12.9. The number of aromatic nitrogens is 2. The molecule has 2 N–H and O–H groups in total. The standard InChI is InChI=1S/C15H13Br3F3N3O4S/c1-28-6-2-3-8(16)10(4-6)29(26,27)23-13(25)11-12(17)24(14(18)22-11)9-5-7(9)15(19,20)21/h2-4,7,9,13,23,25H,5H2,1H3/t7-,9-,13?/m0/s1. The number of sulfonamides is 1. The second-order valence-electron chi connectivity index (χ2n) is 6.20. The first kappa shape index (κ1) is 23.0. The number of aliphatic hydroxyl groups excluding tert-OH is 1. The molecule has 1 unspecified atom stereocenters. The molecule has 3 rings (SSSR count). The Balaban J connectivity index is 1.87. The van der Waals surface area contributed by atoms with Crippen LogP contribution in [0.3, 0.4) is 0 Å². The van der Waals surface area contributed by atoms with E-state index in [-0.39, 0.29) is 36.6 Å². The molecule has 1 heterocycles. The zero-order valence-electron chi connectivity index (χ0n) is 14.4. The van der Waals surface area contributed by atoms with Crippen molar-refractivity contribution in [1.29, 1.82) is 0 Å². The third-order valence-corrected chi connectivity index (χ3v) is 8.05. The number of benzene rings is 1. The van der Waals surface area contributed by atoms with E-state index >= 15 is 0 Å². The summed E-state index contributed by atoms with van der Waals surface area (Å²) < 4.78 is 72.6. The van der Waals surface area contributed by atoms with Gasteiger partial charge in [-0.2, -0.15) is 17.9 Å². The van der Waals surface area contributed by atoms with Gasteiger partial charge in [0.1, 0.15) is 16.0 Å². The summed E-state index contributed by atoms with van der Waals surface area (Å²) in [6, 6.07) is 3.37. The predicted molar refractivity (Wildman–Crippen MR) is 107 cm³/mol. The van der Waals surface area contributed by atoms with E-state index in [1.54, 1.807) is 6.07 Å². The second kappa shape index (κ2) is 8.11. The molecule has 2 aromatic rings. The van der Waals surface area contributed by atoms with E-state index in [0.29, 0.717) is 0 Å². The molecule has 1 aromatic heterocycles. The zero-order valence-corrected chi connectivity index (χ0v) is 20.0. The molecule has 0 bridgehead atoms. The number of nitrogens with zero attached hydrogens (tertiary/aromatic N) is 2. The van der Waals surface area contributed by atoms with E-state index < -0.39 is 34.4 Å². The Bertz CT molecular complexity index is 1050. The number of hydrogen-bond donors (Lipinski definition) is 2. The molecule has 29 heavy (non-hydrogen) atoms. The van der Waals surface area contributed by atoms with Gasteiger partial charge in [0.05, 0.1) is 17.9 Å². The first-order valence-corrected chi connectivity index (χ1v) is 11.8. The average Bonchev–Trinajstić information content (AvgIpc) is 3.34. The van der Waals surface area contributed by atoms with Crippen LogP contribution in [0.25, 0.3) is 0 Å². The summed E-state index contributed by atoms with van der Waals surface area (Å²) in [6.45, 7) is 0. The third kappa shape index (κ3) is 4.66. The number of hydrogen-bond acceptors (Lipinski definition) is 5. The van der Waals surface area contributed by atoms with Crippen molar-refractivity contribution >= 4 is 57.8 Å². The minimum Gasteiger partial charge on any atom is -0.497 e. The minimum atomic E-state index is -4.35. The molecule has 0 saturated heterocycles. The topological polar surface area (TPSA) is 93.5 Å². The Morgan fingerprint density at radius 2 is 2.00 bits per heavy atom. The van der Waals surface area contributed by atoms with Crippen LogP contribution in [0.4, 0.5) is 13.2 Å². The molecule has 1 saturated carbocycles. The summed E-state index contributed by atoms with van der Waals surface area (Å²) in [7, 11) is -2.85. The molecule has 1 aromatic carbocycles. The maximum Gasteiger partial charge on any atom is 0.393 e. The van der Waals surface area contributed by atoms with Gasteiger partial charge in [-0.15, -0.1) is 0 Å². The molecule has 1 fully saturated rings. The highest BCUT2D eigenvalue weighted by Crippen LogP contribution is 2.55. The molecular weight excluding hydrogens is 615 g/mol. The second-order valence-corrected chi connectivity index (χ2v) is 10.2. The van der Waals surface area contributed by atoms with Crippen LogP contribution in [0, 0.1) is 5.92 Å². The molecule has 1 aliphatic carbocycles. The molecule has 160 valence electrons. The van der Waals surface area contributed by atoms with Gasteiger partial charge in [-0.1, -0.05) is 0 Å². The molecular formula is C15H13Br3F3N3O4S. The SMILES string of the molecule is COc1ccc(Br)c(S(=O)(=O)NC(O)c2nc(Br)n([C@H]3C[C@@H]3C(F)(F)F)c2Br)c1. The number of imidazole rings is 1.